The summed E-state index contributed by atoms with van der Waals surface area (Å²) in [4.78, 5) is 13.6. The van der Waals surface area contributed by atoms with Crippen molar-refractivity contribution in [1.29, 1.82) is 0 Å². The lowest BCUT2D eigenvalue weighted by Gasteiger charge is -2.18. The van der Waals surface area contributed by atoms with E-state index in [1.54, 1.807) is 37.4 Å². The monoisotopic (exact) mass is 287 g/mol. The molecule has 108 valence electrons. The van der Waals surface area contributed by atoms with Crippen molar-refractivity contribution in [3.05, 3.63) is 65.5 Å². The molecule has 0 aromatic heterocycles. The fourth-order valence-electron chi connectivity index (χ4n) is 1.98. The third-order valence-corrected chi connectivity index (χ3v) is 3.15. The molecule has 0 atom stereocenters. The molecule has 2 aromatic rings. The highest BCUT2D eigenvalue weighted by molar-refractivity contribution is 6.58. The molecule has 2 N–H and O–H groups in total. The molecule has 0 fully saturated rings. The third kappa shape index (κ3) is 3.68. The van der Waals surface area contributed by atoms with Gasteiger partial charge in [0.2, 0.25) is 0 Å². The first-order valence-corrected chi connectivity index (χ1v) is 6.44. The van der Waals surface area contributed by atoms with Crippen molar-refractivity contribution in [2.45, 2.75) is 6.54 Å². The maximum Gasteiger partial charge on any atom is 0.488 e. The molecule has 0 aliphatic rings. The van der Waals surface area contributed by atoms with Gasteiger partial charge in [0.25, 0.3) is 5.91 Å². The van der Waals surface area contributed by atoms with E-state index < -0.39 is 18.8 Å². The van der Waals surface area contributed by atoms with Crippen LogP contribution in [-0.2, 0) is 6.54 Å². The van der Waals surface area contributed by atoms with Crippen molar-refractivity contribution in [1.82, 2.24) is 4.90 Å². The van der Waals surface area contributed by atoms with Crippen molar-refractivity contribution < 1.29 is 19.2 Å². The maximum absolute atomic E-state index is 13.6. The van der Waals surface area contributed by atoms with Gasteiger partial charge < -0.3 is 14.9 Å². The SMILES string of the molecule is CN(Cc1ccc(B(O)O)cc1)C(=O)c1ccccc1F. The minimum Gasteiger partial charge on any atom is -0.423 e. The van der Waals surface area contributed by atoms with Crippen LogP contribution in [0.4, 0.5) is 4.39 Å². The number of halogens is 1. The first-order valence-electron chi connectivity index (χ1n) is 6.44. The van der Waals surface area contributed by atoms with Gasteiger partial charge in [0, 0.05) is 13.6 Å². The number of benzene rings is 2. The predicted octanol–water partition coefficient (Wildman–Crippen LogP) is 0.778. The van der Waals surface area contributed by atoms with Gasteiger partial charge in [-0.15, -0.1) is 0 Å². The van der Waals surface area contributed by atoms with E-state index in [2.05, 4.69) is 0 Å². The second kappa shape index (κ2) is 6.52. The van der Waals surface area contributed by atoms with Crippen LogP contribution in [0.25, 0.3) is 0 Å². The van der Waals surface area contributed by atoms with Crippen molar-refractivity contribution in [2.75, 3.05) is 7.05 Å². The summed E-state index contributed by atoms with van der Waals surface area (Å²) in [6.07, 6.45) is 0. The summed E-state index contributed by atoms with van der Waals surface area (Å²) in [6.45, 7) is 0.301. The minimum atomic E-state index is -1.52. The Kier molecular flexibility index (Phi) is 4.72. The molecule has 0 aliphatic carbocycles. The summed E-state index contributed by atoms with van der Waals surface area (Å²) in [6, 6.07) is 12.4. The van der Waals surface area contributed by atoms with E-state index in [-0.39, 0.29) is 5.56 Å². The lowest BCUT2D eigenvalue weighted by molar-refractivity contribution is 0.0780. The van der Waals surface area contributed by atoms with E-state index in [0.717, 1.165) is 5.56 Å². The van der Waals surface area contributed by atoms with Crippen LogP contribution in [0.1, 0.15) is 15.9 Å². The van der Waals surface area contributed by atoms with E-state index in [1.807, 2.05) is 0 Å². The summed E-state index contributed by atoms with van der Waals surface area (Å²) >= 11 is 0. The summed E-state index contributed by atoms with van der Waals surface area (Å²) in [5, 5.41) is 18.0. The smallest absolute Gasteiger partial charge is 0.423 e. The fourth-order valence-corrected chi connectivity index (χ4v) is 1.98. The van der Waals surface area contributed by atoms with Gasteiger partial charge in [0.1, 0.15) is 5.82 Å². The van der Waals surface area contributed by atoms with Crippen LogP contribution in [0, 0.1) is 5.82 Å². The van der Waals surface area contributed by atoms with Crippen LogP contribution in [0.15, 0.2) is 48.5 Å². The summed E-state index contributed by atoms with van der Waals surface area (Å²) in [5.41, 5.74) is 1.22. The molecular weight excluding hydrogens is 272 g/mol. The average molecular weight is 287 g/mol. The number of carbonyl (C=O) groups is 1. The Labute approximate surface area is 122 Å². The molecule has 0 bridgehead atoms. The molecule has 21 heavy (non-hydrogen) atoms. The van der Waals surface area contributed by atoms with E-state index in [1.165, 1.54) is 23.1 Å². The molecule has 0 radical (unpaired) electrons. The van der Waals surface area contributed by atoms with Gasteiger partial charge in [-0.3, -0.25) is 4.79 Å². The Morgan fingerprint density at radius 3 is 2.33 bits per heavy atom. The quantitative estimate of drug-likeness (QED) is 0.817. The molecule has 1 amide bonds. The zero-order valence-corrected chi connectivity index (χ0v) is 11.5. The molecule has 0 heterocycles. The third-order valence-electron chi connectivity index (χ3n) is 3.15. The zero-order valence-electron chi connectivity index (χ0n) is 11.5. The Balaban J connectivity index is 2.09. The normalized spacial score (nSPS) is 10.3. The van der Waals surface area contributed by atoms with Crippen molar-refractivity contribution in [3.8, 4) is 0 Å². The highest BCUT2D eigenvalue weighted by Gasteiger charge is 2.16. The molecule has 0 saturated heterocycles. The number of hydrogen-bond acceptors (Lipinski definition) is 3. The Morgan fingerprint density at radius 2 is 1.76 bits per heavy atom. The molecule has 4 nitrogen and oxygen atoms in total. The first kappa shape index (κ1) is 15.2. The van der Waals surface area contributed by atoms with Gasteiger partial charge in [0.05, 0.1) is 5.56 Å². The molecule has 0 aliphatic heterocycles. The van der Waals surface area contributed by atoms with Gasteiger partial charge in [-0.05, 0) is 23.2 Å². The zero-order chi connectivity index (χ0) is 15.4. The van der Waals surface area contributed by atoms with Crippen LogP contribution in [0.2, 0.25) is 0 Å². The predicted molar refractivity (Wildman–Crippen MR) is 78.5 cm³/mol. The van der Waals surface area contributed by atoms with Crippen LogP contribution in [-0.4, -0.2) is 35.0 Å². The lowest BCUT2D eigenvalue weighted by Crippen LogP contribution is -2.30. The van der Waals surface area contributed by atoms with E-state index in [9.17, 15) is 9.18 Å². The summed E-state index contributed by atoms with van der Waals surface area (Å²) in [7, 11) is 0.0701. The number of carbonyl (C=O) groups excluding carboxylic acids is 1. The second-order valence-electron chi connectivity index (χ2n) is 4.76. The molecule has 0 saturated carbocycles. The summed E-state index contributed by atoms with van der Waals surface area (Å²) < 4.78 is 13.6. The summed E-state index contributed by atoms with van der Waals surface area (Å²) in [5.74, 6) is -0.951. The number of hydrogen-bond donors (Lipinski definition) is 2. The van der Waals surface area contributed by atoms with Crippen molar-refractivity contribution in [3.63, 3.8) is 0 Å². The molecule has 6 heteroatoms. The maximum atomic E-state index is 13.6. The minimum absolute atomic E-state index is 0.0300. The van der Waals surface area contributed by atoms with Crippen LogP contribution >= 0.6 is 0 Å². The molecule has 2 rings (SSSR count). The lowest BCUT2D eigenvalue weighted by atomic mass is 9.80. The number of rotatable bonds is 4. The van der Waals surface area contributed by atoms with Gasteiger partial charge in [0.15, 0.2) is 0 Å². The van der Waals surface area contributed by atoms with E-state index in [4.69, 9.17) is 10.0 Å². The topological polar surface area (TPSA) is 60.8 Å². The van der Waals surface area contributed by atoms with Crippen LogP contribution in [0.3, 0.4) is 0 Å². The van der Waals surface area contributed by atoms with Crippen molar-refractivity contribution >= 4 is 18.5 Å². The Hall–Kier alpha value is -2.18. The van der Waals surface area contributed by atoms with Gasteiger partial charge in [-0.1, -0.05) is 36.4 Å². The van der Waals surface area contributed by atoms with Gasteiger partial charge in [-0.2, -0.15) is 0 Å². The molecule has 0 unspecified atom stereocenters. The van der Waals surface area contributed by atoms with Crippen LogP contribution in [0.5, 0.6) is 0 Å². The molecule has 2 aromatic carbocycles. The van der Waals surface area contributed by atoms with Crippen LogP contribution < -0.4 is 5.46 Å². The highest BCUT2D eigenvalue weighted by Crippen LogP contribution is 2.11. The largest absolute Gasteiger partial charge is 0.488 e. The highest BCUT2D eigenvalue weighted by atomic mass is 19.1. The Bertz CT molecular complexity index is 631. The van der Waals surface area contributed by atoms with Crippen molar-refractivity contribution in [2.24, 2.45) is 0 Å². The van der Waals surface area contributed by atoms with Gasteiger partial charge in [-0.25, -0.2) is 4.39 Å². The standard InChI is InChI=1S/C15H15BFNO3/c1-18(15(19)13-4-2-3-5-14(13)17)10-11-6-8-12(9-7-11)16(20)21/h2-9,20-21H,10H2,1H3. The second-order valence-corrected chi connectivity index (χ2v) is 4.76. The van der Waals surface area contributed by atoms with E-state index >= 15 is 0 Å². The van der Waals surface area contributed by atoms with E-state index in [0.29, 0.717) is 12.0 Å². The molecule has 0 spiro atoms. The number of nitrogens with zero attached hydrogens (tertiary/aromatic N) is 1. The van der Waals surface area contributed by atoms with Gasteiger partial charge >= 0.3 is 7.12 Å². The fraction of sp³-hybridized carbons (Fsp3) is 0.133. The Morgan fingerprint density at radius 1 is 1.14 bits per heavy atom. The molecular formula is C15H15BFNO3. The first-order chi connectivity index (χ1) is 9.99. The average Bonchev–Trinajstić information content (AvgIpc) is 2.47. The number of amides is 1.